The first-order chi connectivity index (χ1) is 8.49. The maximum atomic E-state index is 10.4. The molecule has 1 atom stereocenters. The van der Waals surface area contributed by atoms with Crippen LogP contribution in [0.3, 0.4) is 0 Å². The van der Waals surface area contributed by atoms with Crippen LogP contribution in [0.1, 0.15) is 16.8 Å². The largest absolute Gasteiger partial charge is 0.480 e. The number of aromatic nitrogens is 1. The molecular weight excluding hydrogens is 254 g/mol. The monoisotopic (exact) mass is 271 g/mol. The number of rotatable bonds is 5. The van der Waals surface area contributed by atoms with E-state index in [1.54, 1.807) is 30.1 Å². The molecule has 6 nitrogen and oxygen atoms in total. The van der Waals surface area contributed by atoms with Gasteiger partial charge in [0.15, 0.2) is 0 Å². The number of nitrogens with zero attached hydrogens (tertiary/aromatic N) is 1. The molecule has 7 heteroatoms. The third-order valence-corrected chi connectivity index (χ3v) is 2.54. The first-order valence-electron chi connectivity index (χ1n) is 5.16. The van der Waals surface area contributed by atoms with Crippen LogP contribution in [0.2, 0.25) is 0 Å². The molecule has 100 valence electrons. The number of thioether (sulfide) groups is 1. The third-order valence-electron chi connectivity index (χ3n) is 1.90. The molecule has 1 heterocycles. The number of pyridine rings is 1. The molecule has 0 aromatic carbocycles. The fraction of sp³-hybridized carbons (Fsp3) is 0.364. The van der Waals surface area contributed by atoms with Gasteiger partial charge in [0.25, 0.3) is 0 Å². The minimum atomic E-state index is -0.913. The highest BCUT2D eigenvalue weighted by molar-refractivity contribution is 7.98. The predicted octanol–water partition coefficient (Wildman–Crippen LogP) is 0.332. The van der Waals surface area contributed by atoms with Crippen molar-refractivity contribution in [2.75, 3.05) is 12.0 Å². The van der Waals surface area contributed by atoms with Gasteiger partial charge in [0.05, 0.1) is 5.56 Å². The van der Waals surface area contributed by atoms with E-state index in [0.29, 0.717) is 12.0 Å². The number of primary amides is 1. The van der Waals surface area contributed by atoms with Crippen molar-refractivity contribution in [3.63, 3.8) is 0 Å². The topological polar surface area (TPSA) is 119 Å². The van der Waals surface area contributed by atoms with E-state index in [9.17, 15) is 9.59 Å². The SMILES string of the molecule is CSCC[C@H](N)C(=O)O.NC(=O)c1cccnc1. The van der Waals surface area contributed by atoms with Gasteiger partial charge in [-0.3, -0.25) is 14.6 Å². The number of carboxylic acids is 1. The molecule has 0 fully saturated rings. The van der Waals surface area contributed by atoms with Gasteiger partial charge in [0, 0.05) is 12.4 Å². The molecule has 5 N–H and O–H groups in total. The van der Waals surface area contributed by atoms with Crippen LogP contribution in [0.25, 0.3) is 0 Å². The molecule has 0 aliphatic rings. The summed E-state index contributed by atoms with van der Waals surface area (Å²) in [5, 5.41) is 8.27. The van der Waals surface area contributed by atoms with Gasteiger partial charge in [-0.1, -0.05) is 0 Å². The van der Waals surface area contributed by atoms with Gasteiger partial charge in [-0.05, 0) is 30.6 Å². The van der Waals surface area contributed by atoms with Crippen molar-refractivity contribution in [1.29, 1.82) is 0 Å². The normalized spacial score (nSPS) is 11.0. The van der Waals surface area contributed by atoms with E-state index < -0.39 is 17.9 Å². The van der Waals surface area contributed by atoms with Crippen LogP contribution in [0.15, 0.2) is 24.5 Å². The Labute approximate surface area is 110 Å². The molecule has 0 bridgehead atoms. The van der Waals surface area contributed by atoms with E-state index in [-0.39, 0.29) is 0 Å². The lowest BCUT2D eigenvalue weighted by molar-refractivity contribution is -0.138. The summed E-state index contributed by atoms with van der Waals surface area (Å²) in [5.41, 5.74) is 10.6. The summed E-state index contributed by atoms with van der Waals surface area (Å²) in [6.07, 6.45) is 5.50. The van der Waals surface area contributed by atoms with Crippen LogP contribution in [-0.2, 0) is 4.79 Å². The summed E-state index contributed by atoms with van der Waals surface area (Å²) in [6.45, 7) is 0. The Morgan fingerprint density at radius 3 is 2.56 bits per heavy atom. The summed E-state index contributed by atoms with van der Waals surface area (Å²) < 4.78 is 0. The van der Waals surface area contributed by atoms with Gasteiger partial charge in [0.1, 0.15) is 6.04 Å². The minimum Gasteiger partial charge on any atom is -0.480 e. The number of carbonyl (C=O) groups is 2. The highest BCUT2D eigenvalue weighted by atomic mass is 32.2. The standard InChI is InChI=1S/C6H6N2O.C5H11NO2S/c7-6(9)5-2-1-3-8-4-5;1-9-3-2-4(6)5(7)8/h1-4H,(H2,7,9);4H,2-3,6H2,1H3,(H,7,8)/t;4-/m.0/s1. The molecular formula is C11H17N3O3S. The highest BCUT2D eigenvalue weighted by Crippen LogP contribution is 1.97. The van der Waals surface area contributed by atoms with Gasteiger partial charge >= 0.3 is 5.97 Å². The molecule has 0 spiro atoms. The van der Waals surface area contributed by atoms with Crippen molar-refractivity contribution >= 4 is 23.6 Å². The van der Waals surface area contributed by atoms with E-state index in [4.69, 9.17) is 16.6 Å². The Balaban J connectivity index is 0.000000321. The van der Waals surface area contributed by atoms with Crippen LogP contribution >= 0.6 is 11.8 Å². The van der Waals surface area contributed by atoms with Crippen molar-refractivity contribution in [1.82, 2.24) is 4.98 Å². The Kier molecular flexibility index (Phi) is 8.59. The lowest BCUT2D eigenvalue weighted by Gasteiger charge is -2.02. The number of aliphatic carboxylic acids is 1. The van der Waals surface area contributed by atoms with Gasteiger partial charge in [-0.25, -0.2) is 0 Å². The van der Waals surface area contributed by atoms with E-state index >= 15 is 0 Å². The van der Waals surface area contributed by atoms with Gasteiger partial charge < -0.3 is 16.6 Å². The van der Waals surface area contributed by atoms with E-state index in [1.165, 1.54) is 6.20 Å². The van der Waals surface area contributed by atoms with Crippen LogP contribution in [-0.4, -0.2) is 40.0 Å². The summed E-state index contributed by atoms with van der Waals surface area (Å²) >= 11 is 1.60. The van der Waals surface area contributed by atoms with Crippen molar-refractivity contribution in [2.24, 2.45) is 11.5 Å². The summed E-state index contributed by atoms with van der Waals surface area (Å²) in [4.78, 5) is 24.2. The third kappa shape index (κ3) is 7.64. The maximum absolute atomic E-state index is 10.4. The molecule has 1 rings (SSSR count). The minimum absolute atomic E-state index is 0.442. The molecule has 0 radical (unpaired) electrons. The number of nitrogens with two attached hydrogens (primary N) is 2. The average molecular weight is 271 g/mol. The maximum Gasteiger partial charge on any atom is 0.320 e. The summed E-state index contributed by atoms with van der Waals surface area (Å²) in [5.74, 6) is -0.542. The molecule has 0 saturated heterocycles. The Hall–Kier alpha value is -1.60. The molecule has 18 heavy (non-hydrogen) atoms. The van der Waals surface area contributed by atoms with Crippen molar-refractivity contribution in [3.05, 3.63) is 30.1 Å². The van der Waals surface area contributed by atoms with E-state index in [2.05, 4.69) is 4.98 Å². The average Bonchev–Trinajstić information content (AvgIpc) is 2.37. The number of carbonyl (C=O) groups excluding carboxylic acids is 1. The molecule has 1 amide bonds. The van der Waals surface area contributed by atoms with E-state index in [0.717, 1.165) is 5.75 Å². The van der Waals surface area contributed by atoms with Gasteiger partial charge in [-0.2, -0.15) is 11.8 Å². The molecule has 0 aliphatic carbocycles. The first kappa shape index (κ1) is 16.4. The van der Waals surface area contributed by atoms with Crippen molar-refractivity contribution < 1.29 is 14.7 Å². The Bertz CT molecular complexity index is 373. The predicted molar refractivity (Wildman–Crippen MR) is 71.4 cm³/mol. The number of carboxylic acid groups (broad SMARTS) is 1. The van der Waals surface area contributed by atoms with E-state index in [1.807, 2.05) is 6.26 Å². The second-order valence-electron chi connectivity index (χ2n) is 3.33. The zero-order valence-electron chi connectivity index (χ0n) is 10.1. The highest BCUT2D eigenvalue weighted by Gasteiger charge is 2.08. The van der Waals surface area contributed by atoms with Crippen molar-refractivity contribution in [2.45, 2.75) is 12.5 Å². The molecule has 1 aromatic heterocycles. The lowest BCUT2D eigenvalue weighted by atomic mass is 10.2. The molecule has 0 saturated carbocycles. The van der Waals surface area contributed by atoms with Gasteiger partial charge in [-0.15, -0.1) is 0 Å². The second kappa shape index (κ2) is 9.43. The number of amides is 1. The number of hydrogen-bond donors (Lipinski definition) is 3. The van der Waals surface area contributed by atoms with Crippen LogP contribution < -0.4 is 11.5 Å². The van der Waals surface area contributed by atoms with Gasteiger partial charge in [0.2, 0.25) is 5.91 Å². The number of hydrogen-bond acceptors (Lipinski definition) is 5. The second-order valence-corrected chi connectivity index (χ2v) is 4.32. The quantitative estimate of drug-likeness (QED) is 0.710. The van der Waals surface area contributed by atoms with Crippen LogP contribution in [0.4, 0.5) is 0 Å². The summed E-state index contributed by atoms with van der Waals surface area (Å²) in [6, 6.07) is 2.60. The molecule has 1 aromatic rings. The summed E-state index contributed by atoms with van der Waals surface area (Å²) in [7, 11) is 0. The molecule has 0 aliphatic heterocycles. The van der Waals surface area contributed by atoms with Crippen LogP contribution in [0, 0.1) is 0 Å². The fourth-order valence-electron chi connectivity index (χ4n) is 0.877. The fourth-order valence-corrected chi connectivity index (χ4v) is 1.37. The molecule has 0 unspecified atom stereocenters. The zero-order valence-corrected chi connectivity index (χ0v) is 10.9. The Morgan fingerprint density at radius 2 is 2.22 bits per heavy atom. The first-order valence-corrected chi connectivity index (χ1v) is 6.55. The zero-order chi connectivity index (χ0) is 14.0. The smallest absolute Gasteiger partial charge is 0.320 e. The Morgan fingerprint density at radius 1 is 1.56 bits per heavy atom. The van der Waals surface area contributed by atoms with Crippen LogP contribution in [0.5, 0.6) is 0 Å². The van der Waals surface area contributed by atoms with Crippen molar-refractivity contribution in [3.8, 4) is 0 Å². The lowest BCUT2D eigenvalue weighted by Crippen LogP contribution is -2.30.